The predicted octanol–water partition coefficient (Wildman–Crippen LogP) is 7.27. The van der Waals surface area contributed by atoms with E-state index < -0.39 is 0 Å². The molecule has 5 nitrogen and oxygen atoms in total. The number of nitrogens with zero attached hydrogens (tertiary/aromatic N) is 2. The minimum absolute atomic E-state index is 0.0396. The van der Waals surface area contributed by atoms with E-state index >= 15 is 0 Å². The average molecular weight is 546 g/mol. The van der Waals surface area contributed by atoms with Crippen molar-refractivity contribution in [2.75, 3.05) is 13.7 Å². The molecule has 5 rings (SSSR count). The van der Waals surface area contributed by atoms with E-state index in [0.29, 0.717) is 19.4 Å². The highest BCUT2D eigenvalue weighted by Gasteiger charge is 2.24. The molecule has 0 saturated carbocycles. The van der Waals surface area contributed by atoms with Gasteiger partial charge in [-0.2, -0.15) is 0 Å². The lowest BCUT2D eigenvalue weighted by Gasteiger charge is -2.22. The molecule has 0 bridgehead atoms. The first kappa shape index (κ1) is 28.2. The molecule has 2 heterocycles. The fourth-order valence-corrected chi connectivity index (χ4v) is 5.37. The summed E-state index contributed by atoms with van der Waals surface area (Å²) >= 11 is 0. The molecule has 5 aromatic rings. The van der Waals surface area contributed by atoms with Gasteiger partial charge in [-0.3, -0.25) is 9.78 Å². The highest BCUT2D eigenvalue weighted by Crippen LogP contribution is 2.36. The summed E-state index contributed by atoms with van der Waals surface area (Å²) < 4.78 is 7.64. The SMILES string of the molecule is COc1ccc(Cn2cc(C(CC(=O)NCCc3ccccn3)c3ccc(C(C)(C)C)cc3)c3ccccc32)cc1. The summed E-state index contributed by atoms with van der Waals surface area (Å²) in [4.78, 5) is 17.7. The number of hydrogen-bond acceptors (Lipinski definition) is 3. The van der Waals surface area contributed by atoms with Crippen LogP contribution in [0.1, 0.15) is 61.1 Å². The quantitative estimate of drug-likeness (QED) is 0.201. The highest BCUT2D eigenvalue weighted by atomic mass is 16.5. The summed E-state index contributed by atoms with van der Waals surface area (Å²) in [5.41, 5.74) is 6.97. The molecular weight excluding hydrogens is 506 g/mol. The van der Waals surface area contributed by atoms with Crippen LogP contribution in [0.3, 0.4) is 0 Å². The lowest BCUT2D eigenvalue weighted by molar-refractivity contribution is -0.121. The molecular formula is C36H39N3O2. The van der Waals surface area contributed by atoms with Crippen molar-refractivity contribution in [3.63, 3.8) is 0 Å². The third-order valence-corrected chi connectivity index (χ3v) is 7.70. The van der Waals surface area contributed by atoms with Crippen LogP contribution in [0.15, 0.2) is 103 Å². The molecule has 0 aliphatic rings. The van der Waals surface area contributed by atoms with E-state index in [1.807, 2.05) is 30.3 Å². The first-order chi connectivity index (χ1) is 19.8. The fraction of sp³-hybridized carbons (Fsp3) is 0.278. The number of pyridine rings is 1. The molecule has 1 unspecified atom stereocenters. The lowest BCUT2D eigenvalue weighted by Crippen LogP contribution is -2.27. The third-order valence-electron chi connectivity index (χ3n) is 7.70. The second-order valence-corrected chi connectivity index (χ2v) is 11.6. The van der Waals surface area contributed by atoms with Crippen LogP contribution in [0.4, 0.5) is 0 Å². The third kappa shape index (κ3) is 6.86. The summed E-state index contributed by atoms with van der Waals surface area (Å²) in [6.45, 7) is 7.96. The number of rotatable bonds is 10. The Morgan fingerprint density at radius 1 is 0.927 bits per heavy atom. The minimum Gasteiger partial charge on any atom is -0.497 e. The van der Waals surface area contributed by atoms with Gasteiger partial charge in [0.25, 0.3) is 0 Å². The Hall–Kier alpha value is -4.38. The van der Waals surface area contributed by atoms with Crippen molar-refractivity contribution < 1.29 is 9.53 Å². The van der Waals surface area contributed by atoms with Gasteiger partial charge >= 0.3 is 0 Å². The number of fused-ring (bicyclic) bond motifs is 1. The van der Waals surface area contributed by atoms with Crippen molar-refractivity contribution in [2.45, 2.75) is 51.5 Å². The maximum Gasteiger partial charge on any atom is 0.220 e. The molecule has 5 heteroatoms. The molecule has 1 atom stereocenters. The normalized spacial score (nSPS) is 12.3. The second kappa shape index (κ2) is 12.4. The molecule has 0 radical (unpaired) electrons. The summed E-state index contributed by atoms with van der Waals surface area (Å²) in [7, 11) is 1.68. The van der Waals surface area contributed by atoms with Gasteiger partial charge in [0, 0.05) is 60.8 Å². The zero-order valence-corrected chi connectivity index (χ0v) is 24.4. The second-order valence-electron chi connectivity index (χ2n) is 11.6. The number of methoxy groups -OCH3 is 1. The zero-order valence-electron chi connectivity index (χ0n) is 24.4. The van der Waals surface area contributed by atoms with Crippen LogP contribution in [0.25, 0.3) is 10.9 Å². The van der Waals surface area contributed by atoms with E-state index in [4.69, 9.17) is 4.74 Å². The van der Waals surface area contributed by atoms with Gasteiger partial charge in [0.15, 0.2) is 0 Å². The van der Waals surface area contributed by atoms with Crippen LogP contribution in [0.2, 0.25) is 0 Å². The van der Waals surface area contributed by atoms with Crippen molar-refractivity contribution in [3.8, 4) is 5.75 Å². The summed E-state index contributed by atoms with van der Waals surface area (Å²) in [6.07, 6.45) is 5.10. The Morgan fingerprint density at radius 3 is 2.34 bits per heavy atom. The van der Waals surface area contributed by atoms with Gasteiger partial charge in [-0.25, -0.2) is 0 Å². The molecule has 0 fully saturated rings. The van der Waals surface area contributed by atoms with Crippen LogP contribution in [0.5, 0.6) is 5.75 Å². The van der Waals surface area contributed by atoms with Crippen LogP contribution in [-0.4, -0.2) is 29.1 Å². The number of carbonyl (C=O) groups is 1. The van der Waals surface area contributed by atoms with Crippen LogP contribution >= 0.6 is 0 Å². The van der Waals surface area contributed by atoms with Crippen molar-refractivity contribution in [3.05, 3.63) is 131 Å². The molecule has 2 aromatic heterocycles. The number of para-hydroxylation sites is 1. The average Bonchev–Trinajstić information content (AvgIpc) is 3.34. The van der Waals surface area contributed by atoms with Crippen molar-refractivity contribution in [1.29, 1.82) is 0 Å². The van der Waals surface area contributed by atoms with Gasteiger partial charge in [0.2, 0.25) is 5.91 Å². The van der Waals surface area contributed by atoms with E-state index in [1.54, 1.807) is 13.3 Å². The maximum absolute atomic E-state index is 13.4. The van der Waals surface area contributed by atoms with Gasteiger partial charge in [-0.05, 0) is 58.0 Å². The number of amides is 1. The molecule has 210 valence electrons. The smallest absolute Gasteiger partial charge is 0.220 e. The van der Waals surface area contributed by atoms with Crippen molar-refractivity contribution >= 4 is 16.8 Å². The maximum atomic E-state index is 13.4. The first-order valence-corrected chi connectivity index (χ1v) is 14.3. The Morgan fingerprint density at radius 2 is 1.66 bits per heavy atom. The number of hydrogen-bond donors (Lipinski definition) is 1. The van der Waals surface area contributed by atoms with Crippen LogP contribution < -0.4 is 10.1 Å². The molecule has 41 heavy (non-hydrogen) atoms. The van der Waals surface area contributed by atoms with Gasteiger partial charge in [0.1, 0.15) is 5.75 Å². The van der Waals surface area contributed by atoms with Gasteiger partial charge in [0.05, 0.1) is 7.11 Å². The van der Waals surface area contributed by atoms with Gasteiger partial charge in [-0.15, -0.1) is 0 Å². The fourth-order valence-electron chi connectivity index (χ4n) is 5.37. The first-order valence-electron chi connectivity index (χ1n) is 14.3. The van der Waals surface area contributed by atoms with E-state index in [2.05, 4.69) is 102 Å². The molecule has 0 aliphatic carbocycles. The number of aromatic nitrogens is 2. The Kier molecular flexibility index (Phi) is 8.53. The largest absolute Gasteiger partial charge is 0.497 e. The Balaban J connectivity index is 1.46. The molecule has 1 amide bonds. The van der Waals surface area contributed by atoms with E-state index in [9.17, 15) is 4.79 Å². The number of benzene rings is 3. The minimum atomic E-state index is -0.0825. The Labute approximate surface area is 243 Å². The Bertz CT molecular complexity index is 1580. The van der Waals surface area contributed by atoms with E-state index in [0.717, 1.165) is 34.6 Å². The monoisotopic (exact) mass is 545 g/mol. The summed E-state index contributed by atoms with van der Waals surface area (Å²) in [5, 5.41) is 4.32. The molecule has 0 saturated heterocycles. The molecule has 0 aliphatic heterocycles. The van der Waals surface area contributed by atoms with E-state index in [-0.39, 0.29) is 17.2 Å². The highest BCUT2D eigenvalue weighted by molar-refractivity contribution is 5.86. The number of ether oxygens (including phenoxy) is 1. The van der Waals surface area contributed by atoms with Crippen molar-refractivity contribution in [1.82, 2.24) is 14.9 Å². The summed E-state index contributed by atoms with van der Waals surface area (Å²) in [6, 6.07) is 31.4. The number of carbonyl (C=O) groups excluding carboxylic acids is 1. The van der Waals surface area contributed by atoms with Gasteiger partial charge in [-0.1, -0.05) is 81.4 Å². The van der Waals surface area contributed by atoms with Crippen LogP contribution in [0, 0.1) is 0 Å². The standard InChI is InChI=1S/C36H39N3O2/c1-36(2,3)28-16-14-27(15-17-28)32(23-35(40)38-22-20-29-9-7-8-21-37-29)33-25-39(34-11-6-5-10-31(33)34)24-26-12-18-30(41-4)19-13-26/h5-19,21,25,32H,20,22-24H2,1-4H3,(H,38,40). The number of nitrogens with one attached hydrogen (secondary N) is 1. The molecule has 1 N–H and O–H groups in total. The van der Waals surface area contributed by atoms with Crippen molar-refractivity contribution in [2.24, 2.45) is 0 Å². The van der Waals surface area contributed by atoms with E-state index in [1.165, 1.54) is 16.5 Å². The molecule has 3 aromatic carbocycles. The van der Waals surface area contributed by atoms with Gasteiger partial charge < -0.3 is 14.6 Å². The van der Waals surface area contributed by atoms with Crippen LogP contribution in [-0.2, 0) is 23.2 Å². The molecule has 0 spiro atoms. The predicted molar refractivity (Wildman–Crippen MR) is 167 cm³/mol. The summed E-state index contributed by atoms with van der Waals surface area (Å²) in [5.74, 6) is 0.804. The lowest BCUT2D eigenvalue weighted by atomic mass is 9.83. The zero-order chi connectivity index (χ0) is 28.8. The topological polar surface area (TPSA) is 56.1 Å².